The maximum absolute atomic E-state index is 10.9. The molecule has 0 heterocycles. The van der Waals surface area contributed by atoms with Gasteiger partial charge < -0.3 is 8.54 Å². The molecule has 0 aromatic heterocycles. The monoisotopic (exact) mass is 248 g/mol. The highest BCUT2D eigenvalue weighted by Crippen LogP contribution is 2.38. The van der Waals surface area contributed by atoms with Crippen LogP contribution in [0, 0.1) is 0 Å². The standard InChI is InChI=1S/C10H24O3Si2/c1-9(11)12-15(7,8)13-14(5,6)10(2,3)4/h1-8H3. The summed E-state index contributed by atoms with van der Waals surface area (Å²) in [4.78, 5) is 10.9. The van der Waals surface area contributed by atoms with Crippen molar-refractivity contribution in [2.24, 2.45) is 0 Å². The van der Waals surface area contributed by atoms with Crippen molar-refractivity contribution in [1.82, 2.24) is 0 Å². The molecule has 0 fully saturated rings. The van der Waals surface area contributed by atoms with E-state index in [2.05, 4.69) is 33.9 Å². The minimum atomic E-state index is -2.30. The average Bonchev–Trinajstić information content (AvgIpc) is 1.75. The average molecular weight is 248 g/mol. The van der Waals surface area contributed by atoms with Crippen molar-refractivity contribution in [3.63, 3.8) is 0 Å². The van der Waals surface area contributed by atoms with E-state index in [9.17, 15) is 4.79 Å². The molecule has 0 saturated carbocycles. The molecule has 90 valence electrons. The summed E-state index contributed by atoms with van der Waals surface area (Å²) in [6, 6.07) is 0. The highest BCUT2D eigenvalue weighted by Gasteiger charge is 2.44. The second kappa shape index (κ2) is 4.39. The fourth-order valence-electron chi connectivity index (χ4n) is 1.13. The summed E-state index contributed by atoms with van der Waals surface area (Å²) in [5, 5.41) is 0.150. The number of hydrogen-bond donors (Lipinski definition) is 0. The lowest BCUT2D eigenvalue weighted by Gasteiger charge is -2.41. The predicted molar refractivity (Wildman–Crippen MR) is 67.5 cm³/mol. The van der Waals surface area contributed by atoms with Gasteiger partial charge >= 0.3 is 8.56 Å². The molecular formula is C10H24O3Si2. The van der Waals surface area contributed by atoms with Crippen LogP contribution >= 0.6 is 0 Å². The molecule has 3 nitrogen and oxygen atoms in total. The molecule has 0 radical (unpaired) electrons. The van der Waals surface area contributed by atoms with Gasteiger partial charge in [-0.1, -0.05) is 20.8 Å². The van der Waals surface area contributed by atoms with Gasteiger partial charge in [-0.2, -0.15) is 0 Å². The van der Waals surface area contributed by atoms with Gasteiger partial charge in [0, 0.05) is 6.92 Å². The molecule has 0 spiro atoms. The molecule has 0 unspecified atom stereocenters. The third-order valence-electron chi connectivity index (χ3n) is 2.70. The van der Waals surface area contributed by atoms with Crippen LogP contribution in [0.4, 0.5) is 0 Å². The predicted octanol–water partition coefficient (Wildman–Crippen LogP) is 3.27. The van der Waals surface area contributed by atoms with Gasteiger partial charge in [-0.25, -0.2) is 0 Å². The van der Waals surface area contributed by atoms with Crippen LogP contribution in [0.15, 0.2) is 0 Å². The van der Waals surface area contributed by atoms with Crippen LogP contribution in [0.25, 0.3) is 0 Å². The summed E-state index contributed by atoms with van der Waals surface area (Å²) in [7, 11) is -4.12. The lowest BCUT2D eigenvalue weighted by Crippen LogP contribution is -2.51. The van der Waals surface area contributed by atoms with E-state index in [1.165, 1.54) is 6.92 Å². The molecular weight excluding hydrogens is 224 g/mol. The minimum Gasteiger partial charge on any atom is -0.495 e. The molecule has 0 amide bonds. The molecule has 0 saturated heterocycles. The van der Waals surface area contributed by atoms with Gasteiger partial charge in [-0.05, 0) is 31.2 Å². The van der Waals surface area contributed by atoms with Gasteiger partial charge in [0.25, 0.3) is 5.97 Å². The topological polar surface area (TPSA) is 35.5 Å². The first-order chi connectivity index (χ1) is 6.37. The minimum absolute atomic E-state index is 0.150. The Morgan fingerprint density at radius 3 is 1.73 bits per heavy atom. The van der Waals surface area contributed by atoms with Crippen LogP contribution in [0.5, 0.6) is 0 Å². The van der Waals surface area contributed by atoms with Crippen LogP contribution < -0.4 is 0 Å². The highest BCUT2D eigenvalue weighted by molar-refractivity contribution is 6.84. The summed E-state index contributed by atoms with van der Waals surface area (Å²) in [6.07, 6.45) is 0. The van der Waals surface area contributed by atoms with E-state index in [-0.39, 0.29) is 11.0 Å². The maximum Gasteiger partial charge on any atom is 0.385 e. The van der Waals surface area contributed by atoms with Crippen LogP contribution in [0.2, 0.25) is 31.2 Å². The van der Waals surface area contributed by atoms with E-state index >= 15 is 0 Å². The summed E-state index contributed by atoms with van der Waals surface area (Å²) in [6.45, 7) is 16.2. The summed E-state index contributed by atoms with van der Waals surface area (Å²) in [5.74, 6) is -0.245. The van der Waals surface area contributed by atoms with Gasteiger partial charge in [-0.3, -0.25) is 4.79 Å². The number of carbonyl (C=O) groups excluding carboxylic acids is 1. The zero-order valence-electron chi connectivity index (χ0n) is 11.2. The normalized spacial score (nSPS) is 13.9. The van der Waals surface area contributed by atoms with Crippen molar-refractivity contribution in [3.8, 4) is 0 Å². The Kier molecular flexibility index (Phi) is 4.35. The highest BCUT2D eigenvalue weighted by atomic mass is 28.4. The van der Waals surface area contributed by atoms with Crippen molar-refractivity contribution in [2.75, 3.05) is 0 Å². The Morgan fingerprint density at radius 1 is 1.07 bits per heavy atom. The Morgan fingerprint density at radius 2 is 1.47 bits per heavy atom. The molecule has 0 atom stereocenters. The van der Waals surface area contributed by atoms with Crippen LogP contribution in [-0.4, -0.2) is 22.8 Å². The van der Waals surface area contributed by atoms with E-state index in [1.807, 2.05) is 13.1 Å². The first-order valence-electron chi connectivity index (χ1n) is 5.27. The number of carbonyl (C=O) groups is 1. The Hall–Kier alpha value is -0.136. The van der Waals surface area contributed by atoms with E-state index in [1.54, 1.807) is 0 Å². The van der Waals surface area contributed by atoms with Crippen molar-refractivity contribution in [2.45, 2.75) is 58.9 Å². The zero-order chi connectivity index (χ0) is 12.5. The van der Waals surface area contributed by atoms with Crippen LogP contribution in [0.3, 0.4) is 0 Å². The summed E-state index contributed by atoms with van der Waals surface area (Å²) >= 11 is 0. The Bertz CT molecular complexity index is 242. The van der Waals surface area contributed by atoms with Gasteiger partial charge in [-0.15, -0.1) is 0 Å². The number of hydrogen-bond acceptors (Lipinski definition) is 3. The second-order valence-corrected chi connectivity index (χ2v) is 14.2. The molecule has 0 bridgehead atoms. The quantitative estimate of drug-likeness (QED) is 0.719. The summed E-state index contributed by atoms with van der Waals surface area (Å²) in [5.41, 5.74) is 0. The van der Waals surface area contributed by atoms with Crippen molar-refractivity contribution in [1.29, 1.82) is 0 Å². The van der Waals surface area contributed by atoms with E-state index in [0.29, 0.717) is 0 Å². The van der Waals surface area contributed by atoms with E-state index < -0.39 is 16.9 Å². The first-order valence-corrected chi connectivity index (χ1v) is 11.0. The molecule has 0 aliphatic heterocycles. The number of rotatable bonds is 3. The fourth-order valence-corrected chi connectivity index (χ4v) is 8.13. The van der Waals surface area contributed by atoms with E-state index in [0.717, 1.165) is 0 Å². The first kappa shape index (κ1) is 14.9. The van der Waals surface area contributed by atoms with Gasteiger partial charge in [0.2, 0.25) is 0 Å². The van der Waals surface area contributed by atoms with Crippen molar-refractivity contribution < 1.29 is 13.3 Å². The largest absolute Gasteiger partial charge is 0.495 e. The molecule has 0 aromatic carbocycles. The molecule has 0 aromatic rings. The molecule has 15 heavy (non-hydrogen) atoms. The third kappa shape index (κ3) is 4.95. The molecule has 0 aliphatic rings. The smallest absolute Gasteiger partial charge is 0.385 e. The molecule has 0 N–H and O–H groups in total. The molecule has 5 heteroatoms. The van der Waals surface area contributed by atoms with Crippen LogP contribution in [0.1, 0.15) is 27.7 Å². The zero-order valence-corrected chi connectivity index (χ0v) is 13.2. The van der Waals surface area contributed by atoms with Gasteiger partial charge in [0.1, 0.15) is 0 Å². The fraction of sp³-hybridized carbons (Fsp3) is 0.900. The van der Waals surface area contributed by atoms with Crippen LogP contribution in [-0.2, 0) is 13.3 Å². The van der Waals surface area contributed by atoms with Crippen molar-refractivity contribution >= 4 is 22.8 Å². The lowest BCUT2D eigenvalue weighted by molar-refractivity contribution is -0.133. The van der Waals surface area contributed by atoms with E-state index in [4.69, 9.17) is 8.54 Å². The van der Waals surface area contributed by atoms with Crippen molar-refractivity contribution in [3.05, 3.63) is 0 Å². The Balaban J connectivity index is 4.64. The van der Waals surface area contributed by atoms with Gasteiger partial charge in [0.05, 0.1) is 0 Å². The molecule has 0 aliphatic carbocycles. The second-order valence-electron chi connectivity index (χ2n) is 5.86. The molecule has 0 rings (SSSR count). The SMILES string of the molecule is CC(=O)O[Si](C)(C)O[Si](C)(C)C(C)(C)C. The maximum atomic E-state index is 10.9. The third-order valence-corrected chi connectivity index (χ3v) is 11.1. The Labute approximate surface area is 95.5 Å². The lowest BCUT2D eigenvalue weighted by atomic mass is 10.2. The van der Waals surface area contributed by atoms with Gasteiger partial charge in [0.15, 0.2) is 8.32 Å². The summed E-state index contributed by atoms with van der Waals surface area (Å²) < 4.78 is 11.4.